The van der Waals surface area contributed by atoms with E-state index in [1.165, 1.54) is 0 Å². The average molecular weight is 219 g/mol. The van der Waals surface area contributed by atoms with Crippen molar-refractivity contribution in [2.45, 2.75) is 34.2 Å². The molecule has 2 heteroatoms. The SMILES string of the molecule is Cc1cc2ccn(CC(C)(C)C)c2cc1F. The van der Waals surface area contributed by atoms with Crippen molar-refractivity contribution in [3.8, 4) is 0 Å². The number of aryl methyl sites for hydroxylation is 1. The highest BCUT2D eigenvalue weighted by molar-refractivity contribution is 5.81. The number of benzene rings is 1. The molecule has 0 amide bonds. The van der Waals surface area contributed by atoms with Crippen LogP contribution in [0.3, 0.4) is 0 Å². The number of halogens is 1. The largest absolute Gasteiger partial charge is 0.347 e. The highest BCUT2D eigenvalue weighted by atomic mass is 19.1. The molecule has 0 aliphatic carbocycles. The van der Waals surface area contributed by atoms with E-state index in [9.17, 15) is 4.39 Å². The van der Waals surface area contributed by atoms with Gasteiger partial charge in [0.05, 0.1) is 5.52 Å². The maximum atomic E-state index is 13.5. The predicted octanol–water partition coefficient (Wildman–Crippen LogP) is 4.13. The minimum Gasteiger partial charge on any atom is -0.347 e. The van der Waals surface area contributed by atoms with Gasteiger partial charge in [0.25, 0.3) is 0 Å². The Bertz CT molecular complexity index is 517. The van der Waals surface area contributed by atoms with Gasteiger partial charge >= 0.3 is 0 Å². The van der Waals surface area contributed by atoms with Crippen molar-refractivity contribution in [2.24, 2.45) is 5.41 Å². The molecule has 0 spiro atoms. The molecule has 0 saturated heterocycles. The third-order valence-corrected chi connectivity index (χ3v) is 2.70. The van der Waals surface area contributed by atoms with E-state index in [-0.39, 0.29) is 11.2 Å². The molecule has 2 rings (SSSR count). The number of nitrogens with zero attached hydrogens (tertiary/aromatic N) is 1. The highest BCUT2D eigenvalue weighted by Crippen LogP contribution is 2.24. The predicted molar refractivity (Wildman–Crippen MR) is 66.1 cm³/mol. The lowest BCUT2D eigenvalue weighted by Gasteiger charge is -2.19. The van der Waals surface area contributed by atoms with Crippen molar-refractivity contribution in [3.63, 3.8) is 0 Å². The molecule has 1 heterocycles. The van der Waals surface area contributed by atoms with E-state index in [1.807, 2.05) is 18.3 Å². The Balaban J connectivity index is 2.52. The van der Waals surface area contributed by atoms with E-state index in [4.69, 9.17) is 0 Å². The van der Waals surface area contributed by atoms with Gasteiger partial charge < -0.3 is 4.57 Å². The van der Waals surface area contributed by atoms with Crippen molar-refractivity contribution in [3.05, 3.63) is 35.8 Å². The smallest absolute Gasteiger partial charge is 0.128 e. The summed E-state index contributed by atoms with van der Waals surface area (Å²) in [6, 6.07) is 5.59. The molecule has 1 nitrogen and oxygen atoms in total. The molecule has 0 unspecified atom stereocenters. The zero-order chi connectivity index (χ0) is 11.9. The van der Waals surface area contributed by atoms with Gasteiger partial charge in [-0.2, -0.15) is 0 Å². The fourth-order valence-electron chi connectivity index (χ4n) is 1.98. The van der Waals surface area contributed by atoms with Gasteiger partial charge in [0.15, 0.2) is 0 Å². The van der Waals surface area contributed by atoms with Crippen LogP contribution in [-0.4, -0.2) is 4.57 Å². The summed E-state index contributed by atoms with van der Waals surface area (Å²) >= 11 is 0. The summed E-state index contributed by atoms with van der Waals surface area (Å²) in [5.41, 5.74) is 1.90. The van der Waals surface area contributed by atoms with Gasteiger partial charge in [-0.1, -0.05) is 20.8 Å². The normalized spacial score (nSPS) is 12.3. The first-order valence-electron chi connectivity index (χ1n) is 5.62. The fraction of sp³-hybridized carbons (Fsp3) is 0.429. The average Bonchev–Trinajstić information content (AvgIpc) is 2.47. The number of aromatic nitrogens is 1. The Labute approximate surface area is 95.9 Å². The summed E-state index contributed by atoms with van der Waals surface area (Å²) < 4.78 is 15.6. The third-order valence-electron chi connectivity index (χ3n) is 2.70. The standard InChI is InChI=1S/C14H18FN/c1-10-7-11-5-6-16(9-14(2,3)4)13(11)8-12(10)15/h5-8H,9H2,1-4H3. The second kappa shape index (κ2) is 3.62. The molecule has 2 aromatic rings. The van der Waals surface area contributed by atoms with Crippen molar-refractivity contribution in [1.29, 1.82) is 0 Å². The van der Waals surface area contributed by atoms with Gasteiger partial charge in [0, 0.05) is 18.1 Å². The minimum absolute atomic E-state index is 0.124. The van der Waals surface area contributed by atoms with Crippen LogP contribution in [0.4, 0.5) is 4.39 Å². The van der Waals surface area contributed by atoms with Crippen LogP contribution in [0.15, 0.2) is 24.4 Å². The maximum Gasteiger partial charge on any atom is 0.128 e. The van der Waals surface area contributed by atoms with E-state index in [0.29, 0.717) is 5.56 Å². The van der Waals surface area contributed by atoms with E-state index in [1.54, 1.807) is 13.0 Å². The van der Waals surface area contributed by atoms with Gasteiger partial charge in [0.1, 0.15) is 5.82 Å². The molecule has 86 valence electrons. The second-order valence-electron chi connectivity index (χ2n) is 5.66. The third kappa shape index (κ3) is 2.11. The Kier molecular flexibility index (Phi) is 2.53. The monoisotopic (exact) mass is 219 g/mol. The van der Waals surface area contributed by atoms with Gasteiger partial charge in [-0.05, 0) is 36.1 Å². The molecule has 0 fully saturated rings. The first kappa shape index (κ1) is 11.2. The van der Waals surface area contributed by atoms with Crippen LogP contribution in [-0.2, 0) is 6.54 Å². The van der Waals surface area contributed by atoms with Gasteiger partial charge in [0.2, 0.25) is 0 Å². The number of fused-ring (bicyclic) bond motifs is 1. The zero-order valence-corrected chi connectivity index (χ0v) is 10.3. The molecule has 1 aromatic heterocycles. The van der Waals surface area contributed by atoms with Crippen LogP contribution >= 0.6 is 0 Å². The van der Waals surface area contributed by atoms with Crippen molar-refractivity contribution in [1.82, 2.24) is 4.57 Å². The molecule has 0 bridgehead atoms. The lowest BCUT2D eigenvalue weighted by molar-refractivity contribution is 0.349. The zero-order valence-electron chi connectivity index (χ0n) is 10.3. The molecule has 0 aliphatic rings. The Morgan fingerprint density at radius 2 is 1.94 bits per heavy atom. The summed E-state index contributed by atoms with van der Waals surface area (Å²) in [6.07, 6.45) is 2.04. The van der Waals surface area contributed by atoms with Crippen LogP contribution in [0.2, 0.25) is 0 Å². The van der Waals surface area contributed by atoms with Gasteiger partial charge in [-0.15, -0.1) is 0 Å². The lowest BCUT2D eigenvalue weighted by Crippen LogP contribution is -2.14. The molecule has 0 aliphatic heterocycles. The quantitative estimate of drug-likeness (QED) is 0.679. The van der Waals surface area contributed by atoms with E-state index >= 15 is 0 Å². The van der Waals surface area contributed by atoms with Crippen LogP contribution in [0.5, 0.6) is 0 Å². The summed E-state index contributed by atoms with van der Waals surface area (Å²) in [7, 11) is 0. The summed E-state index contributed by atoms with van der Waals surface area (Å²) in [4.78, 5) is 0. The summed E-state index contributed by atoms with van der Waals surface area (Å²) in [5.74, 6) is -0.124. The van der Waals surface area contributed by atoms with Crippen molar-refractivity contribution in [2.75, 3.05) is 0 Å². The van der Waals surface area contributed by atoms with Gasteiger partial charge in [-0.3, -0.25) is 0 Å². The lowest BCUT2D eigenvalue weighted by atomic mass is 9.97. The van der Waals surface area contributed by atoms with Crippen molar-refractivity contribution >= 4 is 10.9 Å². The Hall–Kier alpha value is -1.31. The molecular weight excluding hydrogens is 201 g/mol. The second-order valence-corrected chi connectivity index (χ2v) is 5.66. The van der Waals surface area contributed by atoms with Crippen LogP contribution in [0.1, 0.15) is 26.3 Å². The maximum absolute atomic E-state index is 13.5. The van der Waals surface area contributed by atoms with Crippen LogP contribution < -0.4 is 0 Å². The summed E-state index contributed by atoms with van der Waals surface area (Å²) in [6.45, 7) is 9.25. The Morgan fingerprint density at radius 1 is 1.25 bits per heavy atom. The van der Waals surface area contributed by atoms with E-state index < -0.39 is 0 Å². The minimum atomic E-state index is -0.124. The highest BCUT2D eigenvalue weighted by Gasteiger charge is 2.13. The fourth-order valence-corrected chi connectivity index (χ4v) is 1.98. The number of rotatable bonds is 1. The van der Waals surface area contributed by atoms with Crippen LogP contribution in [0.25, 0.3) is 10.9 Å². The van der Waals surface area contributed by atoms with Crippen LogP contribution in [0, 0.1) is 18.2 Å². The first-order valence-corrected chi connectivity index (χ1v) is 5.62. The molecular formula is C14H18FN. The first-order chi connectivity index (χ1) is 7.37. The molecule has 0 saturated carbocycles. The van der Waals surface area contributed by atoms with Crippen molar-refractivity contribution < 1.29 is 4.39 Å². The molecule has 0 N–H and O–H groups in total. The molecule has 1 aromatic carbocycles. The topological polar surface area (TPSA) is 4.93 Å². The van der Waals surface area contributed by atoms with Gasteiger partial charge in [-0.25, -0.2) is 4.39 Å². The van der Waals surface area contributed by atoms with E-state index in [0.717, 1.165) is 17.4 Å². The molecule has 0 atom stereocenters. The summed E-state index contributed by atoms with van der Waals surface area (Å²) in [5, 5.41) is 1.11. The molecule has 16 heavy (non-hydrogen) atoms. The number of hydrogen-bond acceptors (Lipinski definition) is 0. The number of hydrogen-bond donors (Lipinski definition) is 0. The van der Waals surface area contributed by atoms with E-state index in [2.05, 4.69) is 25.3 Å². The molecule has 0 radical (unpaired) electrons. The Morgan fingerprint density at radius 3 is 2.56 bits per heavy atom.